The highest BCUT2D eigenvalue weighted by molar-refractivity contribution is 5.80. The van der Waals surface area contributed by atoms with Crippen molar-refractivity contribution in [3.8, 4) is 0 Å². The second-order valence-corrected chi connectivity index (χ2v) is 3.82. The Morgan fingerprint density at radius 1 is 1.71 bits per heavy atom. The first-order chi connectivity index (χ1) is 6.52. The molecule has 14 heavy (non-hydrogen) atoms. The van der Waals surface area contributed by atoms with Crippen molar-refractivity contribution in [2.45, 2.75) is 20.4 Å². The van der Waals surface area contributed by atoms with Gasteiger partial charge in [0.05, 0.1) is 18.2 Å². The summed E-state index contributed by atoms with van der Waals surface area (Å²) in [7, 11) is 0. The topological polar surface area (TPSA) is 81.2 Å². The van der Waals surface area contributed by atoms with Gasteiger partial charge in [-0.05, 0) is 13.8 Å². The Morgan fingerprint density at radius 2 is 2.43 bits per heavy atom. The van der Waals surface area contributed by atoms with Gasteiger partial charge in [0.25, 0.3) is 0 Å². The van der Waals surface area contributed by atoms with Gasteiger partial charge in [0.1, 0.15) is 5.76 Å². The summed E-state index contributed by atoms with van der Waals surface area (Å²) < 4.78 is 5.02. The predicted octanol–water partition coefficient (Wildman–Crippen LogP) is 0.276. The monoisotopic (exact) mass is 197 g/mol. The van der Waals surface area contributed by atoms with Crippen molar-refractivity contribution >= 4 is 5.91 Å². The second-order valence-electron chi connectivity index (χ2n) is 3.82. The number of nitrogens with two attached hydrogens (primary N) is 1. The molecular formula is C9H15N3O2. The van der Waals surface area contributed by atoms with Crippen molar-refractivity contribution in [2.75, 3.05) is 6.54 Å². The summed E-state index contributed by atoms with van der Waals surface area (Å²) in [6.45, 7) is 4.66. The first kappa shape index (κ1) is 10.7. The van der Waals surface area contributed by atoms with Gasteiger partial charge >= 0.3 is 0 Å². The van der Waals surface area contributed by atoms with Crippen molar-refractivity contribution in [1.29, 1.82) is 0 Å². The van der Waals surface area contributed by atoms with Crippen molar-refractivity contribution in [3.63, 3.8) is 0 Å². The highest BCUT2D eigenvalue weighted by Crippen LogP contribution is 2.12. The maximum absolute atomic E-state index is 11.0. The first-order valence-corrected chi connectivity index (χ1v) is 4.40. The first-order valence-electron chi connectivity index (χ1n) is 4.40. The summed E-state index contributed by atoms with van der Waals surface area (Å²) in [5.41, 5.74) is 4.67. The van der Waals surface area contributed by atoms with Crippen LogP contribution >= 0.6 is 0 Å². The van der Waals surface area contributed by atoms with Crippen LogP contribution in [0.5, 0.6) is 0 Å². The van der Waals surface area contributed by atoms with Gasteiger partial charge in [-0.15, -0.1) is 0 Å². The van der Waals surface area contributed by atoms with Gasteiger partial charge in [-0.2, -0.15) is 0 Å². The minimum absolute atomic E-state index is 0.317. The molecule has 3 N–H and O–H groups in total. The highest BCUT2D eigenvalue weighted by Gasteiger charge is 2.24. The quantitative estimate of drug-likeness (QED) is 0.710. The largest absolute Gasteiger partial charge is 0.447 e. The Labute approximate surface area is 82.7 Å². The second kappa shape index (κ2) is 4.23. The van der Waals surface area contributed by atoms with E-state index in [0.717, 1.165) is 5.76 Å². The van der Waals surface area contributed by atoms with Gasteiger partial charge in [0.15, 0.2) is 6.39 Å². The van der Waals surface area contributed by atoms with E-state index in [1.165, 1.54) is 6.39 Å². The summed E-state index contributed by atoms with van der Waals surface area (Å²) in [4.78, 5) is 14.7. The standard InChI is InChI=1S/C9H15N3O2/c1-9(2,8(10)13)5-11-3-7-4-12-6-14-7/h4,6,11H,3,5H2,1-2H3,(H2,10,13). The fourth-order valence-electron chi connectivity index (χ4n) is 0.915. The predicted molar refractivity (Wildman–Crippen MR) is 51.2 cm³/mol. The SMILES string of the molecule is CC(C)(CNCc1cnco1)C(N)=O. The smallest absolute Gasteiger partial charge is 0.224 e. The van der Waals surface area contributed by atoms with Crippen molar-refractivity contribution in [3.05, 3.63) is 18.4 Å². The minimum Gasteiger partial charge on any atom is -0.447 e. The van der Waals surface area contributed by atoms with E-state index in [4.69, 9.17) is 10.2 Å². The maximum atomic E-state index is 11.0. The zero-order valence-electron chi connectivity index (χ0n) is 8.41. The van der Waals surface area contributed by atoms with Crippen LogP contribution in [0.3, 0.4) is 0 Å². The van der Waals surface area contributed by atoms with E-state index in [1.807, 2.05) is 0 Å². The zero-order chi connectivity index (χ0) is 10.6. The number of nitrogens with zero attached hydrogens (tertiary/aromatic N) is 1. The molecule has 0 saturated carbocycles. The summed E-state index contributed by atoms with van der Waals surface area (Å²) in [5.74, 6) is 0.424. The third-order valence-corrected chi connectivity index (χ3v) is 2.02. The number of hydrogen-bond acceptors (Lipinski definition) is 4. The van der Waals surface area contributed by atoms with Crippen molar-refractivity contribution < 1.29 is 9.21 Å². The van der Waals surface area contributed by atoms with E-state index in [2.05, 4.69) is 10.3 Å². The number of carbonyl (C=O) groups is 1. The molecule has 1 rings (SSSR count). The van der Waals surface area contributed by atoms with E-state index in [-0.39, 0.29) is 5.91 Å². The van der Waals surface area contributed by atoms with Crippen LogP contribution in [-0.2, 0) is 11.3 Å². The number of carbonyl (C=O) groups excluding carboxylic acids is 1. The van der Waals surface area contributed by atoms with Crippen LogP contribution < -0.4 is 11.1 Å². The lowest BCUT2D eigenvalue weighted by atomic mass is 9.93. The Hall–Kier alpha value is -1.36. The molecule has 5 heteroatoms. The minimum atomic E-state index is -0.542. The molecule has 0 atom stereocenters. The Bertz CT molecular complexity index is 293. The van der Waals surface area contributed by atoms with E-state index in [1.54, 1.807) is 20.0 Å². The van der Waals surface area contributed by atoms with E-state index in [9.17, 15) is 4.79 Å². The molecule has 0 radical (unpaired) electrons. The molecule has 5 nitrogen and oxygen atoms in total. The molecule has 0 unspecified atom stereocenters. The fourth-order valence-corrected chi connectivity index (χ4v) is 0.915. The van der Waals surface area contributed by atoms with Crippen LogP contribution in [-0.4, -0.2) is 17.4 Å². The molecule has 0 aromatic carbocycles. The number of primary amides is 1. The number of oxazole rings is 1. The molecular weight excluding hydrogens is 182 g/mol. The Kier molecular flexibility index (Phi) is 3.24. The molecule has 1 heterocycles. The van der Waals surface area contributed by atoms with E-state index >= 15 is 0 Å². The van der Waals surface area contributed by atoms with Gasteiger partial charge in [-0.1, -0.05) is 0 Å². The number of nitrogens with one attached hydrogen (secondary N) is 1. The van der Waals surface area contributed by atoms with Crippen LogP contribution in [0.1, 0.15) is 19.6 Å². The molecule has 1 aromatic heterocycles. The van der Waals surface area contributed by atoms with Gasteiger partial charge in [0, 0.05) is 6.54 Å². The number of rotatable bonds is 5. The highest BCUT2D eigenvalue weighted by atomic mass is 16.3. The average molecular weight is 197 g/mol. The third kappa shape index (κ3) is 2.85. The lowest BCUT2D eigenvalue weighted by Crippen LogP contribution is -2.40. The molecule has 0 bridgehead atoms. The average Bonchev–Trinajstić information content (AvgIpc) is 2.56. The van der Waals surface area contributed by atoms with E-state index in [0.29, 0.717) is 13.1 Å². The third-order valence-electron chi connectivity index (χ3n) is 2.02. The van der Waals surface area contributed by atoms with Crippen molar-refractivity contribution in [2.24, 2.45) is 11.1 Å². The van der Waals surface area contributed by atoms with Crippen LogP contribution in [0.4, 0.5) is 0 Å². The molecule has 0 aliphatic carbocycles. The molecule has 0 fully saturated rings. The van der Waals surface area contributed by atoms with Crippen LogP contribution in [0.25, 0.3) is 0 Å². The Morgan fingerprint density at radius 3 is 2.93 bits per heavy atom. The molecule has 0 aliphatic heterocycles. The maximum Gasteiger partial charge on any atom is 0.224 e. The number of amides is 1. The van der Waals surface area contributed by atoms with Crippen LogP contribution in [0.2, 0.25) is 0 Å². The Balaban J connectivity index is 2.31. The molecule has 0 saturated heterocycles. The summed E-state index contributed by atoms with van der Waals surface area (Å²) in [6.07, 6.45) is 3.00. The number of aromatic nitrogens is 1. The molecule has 1 amide bonds. The lowest BCUT2D eigenvalue weighted by Gasteiger charge is -2.20. The lowest BCUT2D eigenvalue weighted by molar-refractivity contribution is -0.125. The summed E-state index contributed by atoms with van der Waals surface area (Å²) >= 11 is 0. The summed E-state index contributed by atoms with van der Waals surface area (Å²) in [5, 5.41) is 3.07. The zero-order valence-corrected chi connectivity index (χ0v) is 8.41. The molecule has 0 spiro atoms. The van der Waals surface area contributed by atoms with Gasteiger partial charge in [-0.25, -0.2) is 4.98 Å². The van der Waals surface area contributed by atoms with Crippen LogP contribution in [0.15, 0.2) is 17.0 Å². The van der Waals surface area contributed by atoms with Gasteiger partial charge < -0.3 is 15.5 Å². The van der Waals surface area contributed by atoms with Gasteiger partial charge in [0.2, 0.25) is 5.91 Å². The van der Waals surface area contributed by atoms with Crippen LogP contribution in [0, 0.1) is 5.41 Å². The molecule has 0 aliphatic rings. The van der Waals surface area contributed by atoms with Gasteiger partial charge in [-0.3, -0.25) is 4.79 Å². The van der Waals surface area contributed by atoms with Crippen molar-refractivity contribution in [1.82, 2.24) is 10.3 Å². The summed E-state index contributed by atoms with van der Waals surface area (Å²) in [6, 6.07) is 0. The normalized spacial score (nSPS) is 11.6. The van der Waals surface area contributed by atoms with E-state index < -0.39 is 5.41 Å². The number of hydrogen-bond donors (Lipinski definition) is 2. The molecule has 78 valence electrons. The fraction of sp³-hybridized carbons (Fsp3) is 0.556. The molecule has 1 aromatic rings.